The second-order valence-corrected chi connectivity index (χ2v) is 9.31. The van der Waals surface area contributed by atoms with Crippen LogP contribution in [0.4, 0.5) is 5.69 Å². The fraction of sp³-hybridized carbons (Fsp3) is 0.316. The van der Waals surface area contributed by atoms with Crippen molar-refractivity contribution >= 4 is 33.2 Å². The lowest BCUT2D eigenvalue weighted by molar-refractivity contribution is 0.102. The first kappa shape index (κ1) is 20.4. The number of carbonyl (C=O) groups excluding carboxylic acids is 1. The van der Waals surface area contributed by atoms with Crippen molar-refractivity contribution in [3.63, 3.8) is 0 Å². The maximum atomic E-state index is 12.6. The molecule has 2 aromatic rings. The number of halogens is 1. The van der Waals surface area contributed by atoms with Gasteiger partial charge in [0, 0.05) is 16.8 Å². The molecule has 0 fully saturated rings. The molecular weight excluding hydrogens is 372 g/mol. The summed E-state index contributed by atoms with van der Waals surface area (Å²) in [6.07, 6.45) is 0. The number of amides is 1. The zero-order chi connectivity index (χ0) is 19.7. The van der Waals surface area contributed by atoms with Crippen LogP contribution in [-0.2, 0) is 10.0 Å². The van der Waals surface area contributed by atoms with Gasteiger partial charge in [0.05, 0.1) is 5.02 Å². The van der Waals surface area contributed by atoms with Crippen molar-refractivity contribution in [2.24, 2.45) is 0 Å². The van der Waals surface area contributed by atoms with E-state index in [2.05, 4.69) is 10.0 Å². The molecule has 140 valence electrons. The number of anilines is 1. The van der Waals surface area contributed by atoms with Gasteiger partial charge in [0.15, 0.2) is 0 Å². The second-order valence-electron chi connectivity index (χ2n) is 7.25. The van der Waals surface area contributed by atoms with Crippen LogP contribution in [0.2, 0.25) is 5.02 Å². The van der Waals surface area contributed by atoms with Crippen molar-refractivity contribution in [2.75, 3.05) is 5.32 Å². The van der Waals surface area contributed by atoms with E-state index < -0.39 is 21.5 Å². The molecule has 0 heterocycles. The summed E-state index contributed by atoms with van der Waals surface area (Å²) in [4.78, 5) is 12.4. The first-order chi connectivity index (χ1) is 11.9. The van der Waals surface area contributed by atoms with E-state index in [4.69, 9.17) is 11.6 Å². The maximum Gasteiger partial charge on any atom is 0.255 e. The molecule has 0 radical (unpaired) electrons. The van der Waals surface area contributed by atoms with Gasteiger partial charge in [-0.25, -0.2) is 13.1 Å². The Kier molecular flexibility index (Phi) is 5.80. The number of sulfonamides is 1. The number of nitrogens with one attached hydrogen (secondary N) is 2. The van der Waals surface area contributed by atoms with E-state index in [0.29, 0.717) is 5.69 Å². The van der Waals surface area contributed by atoms with Gasteiger partial charge in [-0.1, -0.05) is 17.7 Å². The average Bonchev–Trinajstić information content (AvgIpc) is 2.48. The highest BCUT2D eigenvalue weighted by molar-refractivity contribution is 7.89. The van der Waals surface area contributed by atoms with Gasteiger partial charge in [-0.3, -0.25) is 4.79 Å². The summed E-state index contributed by atoms with van der Waals surface area (Å²) in [5.41, 5.74) is 2.36. The molecule has 0 aliphatic heterocycles. The van der Waals surface area contributed by atoms with Crippen LogP contribution >= 0.6 is 11.6 Å². The van der Waals surface area contributed by atoms with Crippen LogP contribution in [0.3, 0.4) is 0 Å². The van der Waals surface area contributed by atoms with Crippen molar-refractivity contribution in [3.05, 3.63) is 58.1 Å². The fourth-order valence-corrected chi connectivity index (χ4v) is 4.28. The van der Waals surface area contributed by atoms with E-state index in [9.17, 15) is 13.2 Å². The van der Waals surface area contributed by atoms with Crippen LogP contribution in [0.5, 0.6) is 0 Å². The zero-order valence-corrected chi connectivity index (χ0v) is 17.0. The van der Waals surface area contributed by atoms with Gasteiger partial charge in [-0.15, -0.1) is 0 Å². The Balaban J connectivity index is 2.33. The van der Waals surface area contributed by atoms with Crippen LogP contribution in [-0.4, -0.2) is 19.9 Å². The molecule has 2 N–H and O–H groups in total. The molecule has 7 heteroatoms. The molecule has 0 bridgehead atoms. The number of aryl methyl sites for hydroxylation is 2. The molecule has 0 saturated carbocycles. The lowest BCUT2D eigenvalue weighted by Crippen LogP contribution is -2.40. The van der Waals surface area contributed by atoms with Crippen molar-refractivity contribution in [1.82, 2.24) is 4.72 Å². The zero-order valence-electron chi connectivity index (χ0n) is 15.5. The fourth-order valence-electron chi connectivity index (χ4n) is 2.33. The highest BCUT2D eigenvalue weighted by Crippen LogP contribution is 2.25. The van der Waals surface area contributed by atoms with Gasteiger partial charge in [0.1, 0.15) is 4.90 Å². The van der Waals surface area contributed by atoms with Gasteiger partial charge in [0.25, 0.3) is 5.91 Å². The van der Waals surface area contributed by atoms with E-state index in [0.717, 1.165) is 11.1 Å². The highest BCUT2D eigenvalue weighted by atomic mass is 35.5. The molecule has 0 aliphatic rings. The second kappa shape index (κ2) is 7.39. The van der Waals surface area contributed by atoms with Crippen LogP contribution < -0.4 is 10.0 Å². The maximum absolute atomic E-state index is 12.6. The Morgan fingerprint density at radius 1 is 1.00 bits per heavy atom. The summed E-state index contributed by atoms with van der Waals surface area (Å²) in [5, 5.41) is 2.84. The average molecular weight is 395 g/mol. The standard InChI is InChI=1S/C19H23ClN2O3S/c1-12-6-8-15(10-13(12)2)21-18(23)14-7-9-16(20)17(11-14)26(24,25)22-19(3,4)5/h6-11,22H,1-5H3,(H,21,23). The quantitative estimate of drug-likeness (QED) is 0.812. The van der Waals surface area contributed by atoms with Gasteiger partial charge in [0.2, 0.25) is 10.0 Å². The number of carbonyl (C=O) groups is 1. The lowest BCUT2D eigenvalue weighted by atomic mass is 10.1. The predicted molar refractivity (Wildman–Crippen MR) is 105 cm³/mol. The Morgan fingerprint density at radius 2 is 1.65 bits per heavy atom. The molecule has 26 heavy (non-hydrogen) atoms. The van der Waals surface area contributed by atoms with Gasteiger partial charge in [-0.05, 0) is 76.1 Å². The highest BCUT2D eigenvalue weighted by Gasteiger charge is 2.25. The van der Waals surface area contributed by atoms with Crippen molar-refractivity contribution in [2.45, 2.75) is 45.1 Å². The summed E-state index contributed by atoms with van der Waals surface area (Å²) in [5.74, 6) is -0.405. The third kappa shape index (κ3) is 5.06. The topological polar surface area (TPSA) is 75.3 Å². The monoisotopic (exact) mass is 394 g/mol. The predicted octanol–water partition coefficient (Wildman–Crippen LogP) is 4.29. The van der Waals surface area contributed by atoms with Crippen LogP contribution in [0.1, 0.15) is 42.3 Å². The molecular formula is C19H23ClN2O3S. The number of rotatable bonds is 4. The van der Waals surface area contributed by atoms with Crippen LogP contribution in [0, 0.1) is 13.8 Å². The first-order valence-electron chi connectivity index (χ1n) is 8.11. The van der Waals surface area contributed by atoms with E-state index in [1.165, 1.54) is 18.2 Å². The number of benzene rings is 2. The van der Waals surface area contributed by atoms with Crippen LogP contribution in [0.15, 0.2) is 41.3 Å². The summed E-state index contributed by atoms with van der Waals surface area (Å²) < 4.78 is 27.7. The molecule has 0 saturated heterocycles. The molecule has 2 rings (SSSR count). The van der Waals surface area contributed by atoms with Crippen molar-refractivity contribution in [1.29, 1.82) is 0 Å². The van der Waals surface area contributed by atoms with E-state index in [-0.39, 0.29) is 15.5 Å². The van der Waals surface area contributed by atoms with Gasteiger partial charge >= 0.3 is 0 Å². The molecule has 0 atom stereocenters. The normalized spacial score (nSPS) is 12.1. The third-order valence-electron chi connectivity index (χ3n) is 3.69. The Bertz CT molecular complexity index is 948. The Hall–Kier alpha value is -1.89. The molecule has 0 unspecified atom stereocenters. The number of hydrogen-bond donors (Lipinski definition) is 2. The Labute approximate surface area is 159 Å². The van der Waals surface area contributed by atoms with E-state index in [1.807, 2.05) is 26.0 Å². The molecule has 2 aromatic carbocycles. The summed E-state index contributed by atoms with van der Waals surface area (Å²) in [6.45, 7) is 9.13. The number of hydrogen-bond acceptors (Lipinski definition) is 3. The largest absolute Gasteiger partial charge is 0.322 e. The minimum absolute atomic E-state index is 0.0597. The minimum Gasteiger partial charge on any atom is -0.322 e. The van der Waals surface area contributed by atoms with Crippen LogP contribution in [0.25, 0.3) is 0 Å². The molecule has 0 aromatic heterocycles. The molecule has 5 nitrogen and oxygen atoms in total. The lowest BCUT2D eigenvalue weighted by Gasteiger charge is -2.21. The minimum atomic E-state index is -3.85. The summed E-state index contributed by atoms with van der Waals surface area (Å²) in [7, 11) is -3.85. The third-order valence-corrected chi connectivity index (χ3v) is 5.93. The molecule has 0 spiro atoms. The smallest absolute Gasteiger partial charge is 0.255 e. The first-order valence-corrected chi connectivity index (χ1v) is 9.97. The van der Waals surface area contributed by atoms with E-state index in [1.54, 1.807) is 26.8 Å². The molecule has 1 amide bonds. The Morgan fingerprint density at radius 3 is 2.23 bits per heavy atom. The van der Waals surface area contributed by atoms with Crippen molar-refractivity contribution in [3.8, 4) is 0 Å². The van der Waals surface area contributed by atoms with E-state index >= 15 is 0 Å². The summed E-state index contributed by atoms with van der Waals surface area (Å²) in [6, 6.07) is 9.77. The van der Waals surface area contributed by atoms with Gasteiger partial charge < -0.3 is 5.32 Å². The van der Waals surface area contributed by atoms with Crippen molar-refractivity contribution < 1.29 is 13.2 Å². The van der Waals surface area contributed by atoms with Gasteiger partial charge in [-0.2, -0.15) is 0 Å². The molecule has 0 aliphatic carbocycles. The SMILES string of the molecule is Cc1ccc(NC(=O)c2ccc(Cl)c(S(=O)(=O)NC(C)(C)C)c2)cc1C. The summed E-state index contributed by atoms with van der Waals surface area (Å²) >= 11 is 6.06.